The third-order valence-electron chi connectivity index (χ3n) is 5.02. The molecule has 0 bridgehead atoms. The molecule has 7 heteroatoms. The number of halogens is 4. The fraction of sp³-hybridized carbons (Fsp3) is 0.346. The smallest absolute Gasteiger partial charge is 0.422 e. The van der Waals surface area contributed by atoms with Crippen LogP contribution in [0.2, 0.25) is 0 Å². The van der Waals surface area contributed by atoms with E-state index in [-0.39, 0.29) is 5.75 Å². The number of alkyl halides is 3. The molecule has 1 heterocycles. The zero-order valence-corrected chi connectivity index (χ0v) is 19.1. The van der Waals surface area contributed by atoms with Crippen LogP contribution in [0.5, 0.6) is 5.75 Å². The first-order valence-corrected chi connectivity index (χ1v) is 10.6. The molecule has 0 aliphatic carbocycles. The van der Waals surface area contributed by atoms with E-state index in [0.717, 1.165) is 17.2 Å². The number of rotatable bonds is 7. The maximum atomic E-state index is 14.7. The van der Waals surface area contributed by atoms with Gasteiger partial charge in [0.25, 0.3) is 0 Å². The normalized spacial score (nSPS) is 14.1. The van der Waals surface area contributed by atoms with Gasteiger partial charge in [0.2, 0.25) is 0 Å². The van der Waals surface area contributed by atoms with E-state index in [1.165, 1.54) is 12.1 Å². The van der Waals surface area contributed by atoms with Crippen molar-refractivity contribution >= 4 is 0 Å². The van der Waals surface area contributed by atoms with Gasteiger partial charge < -0.3 is 4.74 Å². The highest BCUT2D eigenvalue weighted by atomic mass is 19.4. The lowest BCUT2D eigenvalue weighted by molar-refractivity contribution is -0.153. The van der Waals surface area contributed by atoms with E-state index in [4.69, 9.17) is 4.74 Å². The summed E-state index contributed by atoms with van der Waals surface area (Å²) in [4.78, 5) is 4.65. The second-order valence-corrected chi connectivity index (χ2v) is 9.24. The van der Waals surface area contributed by atoms with Crippen LogP contribution in [0.1, 0.15) is 43.2 Å². The maximum Gasteiger partial charge on any atom is 0.422 e. The standard InChI is InChI=1S/C26H28F4N2O/c1-18-10-11-23(31-16-18)25(32-24(2,3)4,15-19-8-6-5-7-9-19)20-12-21(27)14-22(13-20)33-17-26(28,29)30/h5-14,16,32H,15,17H2,1-4H3. The minimum Gasteiger partial charge on any atom is -0.484 e. The average molecular weight is 461 g/mol. The summed E-state index contributed by atoms with van der Waals surface area (Å²) >= 11 is 0. The van der Waals surface area contributed by atoms with Gasteiger partial charge in [-0.3, -0.25) is 10.3 Å². The lowest BCUT2D eigenvalue weighted by Crippen LogP contribution is -2.54. The number of hydrogen-bond donors (Lipinski definition) is 1. The van der Waals surface area contributed by atoms with Crippen LogP contribution in [0.15, 0.2) is 66.9 Å². The average Bonchev–Trinajstić information content (AvgIpc) is 2.71. The van der Waals surface area contributed by atoms with Crippen molar-refractivity contribution in [1.82, 2.24) is 10.3 Å². The second kappa shape index (κ2) is 9.51. The van der Waals surface area contributed by atoms with E-state index in [0.29, 0.717) is 17.7 Å². The third-order valence-corrected chi connectivity index (χ3v) is 5.02. The number of pyridine rings is 1. The van der Waals surface area contributed by atoms with Gasteiger partial charge in [0.15, 0.2) is 6.61 Å². The van der Waals surface area contributed by atoms with E-state index in [2.05, 4.69) is 10.3 Å². The van der Waals surface area contributed by atoms with Crippen LogP contribution in [-0.2, 0) is 12.0 Å². The maximum absolute atomic E-state index is 14.7. The first kappa shape index (κ1) is 24.7. The predicted octanol–water partition coefficient (Wildman–Crippen LogP) is 6.34. The summed E-state index contributed by atoms with van der Waals surface area (Å²) in [6, 6.07) is 17.1. The third kappa shape index (κ3) is 6.78. The van der Waals surface area contributed by atoms with Crippen molar-refractivity contribution in [2.45, 2.75) is 51.4 Å². The Morgan fingerprint density at radius 2 is 1.64 bits per heavy atom. The highest BCUT2D eigenvalue weighted by Crippen LogP contribution is 2.37. The topological polar surface area (TPSA) is 34.1 Å². The van der Waals surface area contributed by atoms with Crippen molar-refractivity contribution in [3.05, 3.63) is 95.1 Å². The van der Waals surface area contributed by atoms with Crippen molar-refractivity contribution < 1.29 is 22.3 Å². The molecule has 3 rings (SSSR count). The monoisotopic (exact) mass is 460 g/mol. The zero-order valence-electron chi connectivity index (χ0n) is 19.1. The Morgan fingerprint density at radius 1 is 0.939 bits per heavy atom. The van der Waals surface area contributed by atoms with E-state index >= 15 is 0 Å². The van der Waals surface area contributed by atoms with Crippen molar-refractivity contribution in [2.75, 3.05) is 6.61 Å². The van der Waals surface area contributed by atoms with E-state index < -0.39 is 29.7 Å². The number of ether oxygens (including phenoxy) is 1. The highest BCUT2D eigenvalue weighted by Gasteiger charge is 2.40. The van der Waals surface area contributed by atoms with Crippen LogP contribution >= 0.6 is 0 Å². The molecule has 1 atom stereocenters. The first-order chi connectivity index (χ1) is 15.4. The van der Waals surface area contributed by atoms with Crippen LogP contribution in [0, 0.1) is 12.7 Å². The number of nitrogens with zero attached hydrogens (tertiary/aromatic N) is 1. The zero-order chi connectivity index (χ0) is 24.3. The van der Waals surface area contributed by atoms with Crippen LogP contribution in [-0.4, -0.2) is 23.3 Å². The Balaban J connectivity index is 2.22. The molecule has 0 aliphatic rings. The van der Waals surface area contributed by atoms with Crippen LogP contribution in [0.3, 0.4) is 0 Å². The molecule has 2 aromatic carbocycles. The summed E-state index contributed by atoms with van der Waals surface area (Å²) < 4.78 is 57.9. The lowest BCUT2D eigenvalue weighted by atomic mass is 9.78. The Kier molecular flexibility index (Phi) is 7.12. The fourth-order valence-corrected chi connectivity index (χ4v) is 3.84. The largest absolute Gasteiger partial charge is 0.484 e. The van der Waals surface area contributed by atoms with Gasteiger partial charge in [-0.05, 0) is 62.6 Å². The molecule has 0 saturated carbocycles. The highest BCUT2D eigenvalue weighted by molar-refractivity contribution is 5.43. The molecule has 0 spiro atoms. The molecule has 1 aromatic heterocycles. The molecular formula is C26H28F4N2O. The fourth-order valence-electron chi connectivity index (χ4n) is 3.84. The van der Waals surface area contributed by atoms with Crippen molar-refractivity contribution in [3.8, 4) is 5.75 Å². The van der Waals surface area contributed by atoms with Crippen molar-refractivity contribution in [1.29, 1.82) is 0 Å². The van der Waals surface area contributed by atoms with Crippen LogP contribution in [0.4, 0.5) is 17.6 Å². The quantitative estimate of drug-likeness (QED) is 0.418. The molecule has 176 valence electrons. The SMILES string of the molecule is Cc1ccc(C(Cc2ccccc2)(NC(C)(C)C)c2cc(F)cc(OCC(F)(F)F)c2)nc1. The molecule has 0 radical (unpaired) electrons. The number of aryl methyl sites for hydroxylation is 1. The molecular weight excluding hydrogens is 432 g/mol. The van der Waals surface area contributed by atoms with Crippen molar-refractivity contribution in [2.24, 2.45) is 0 Å². The van der Waals surface area contributed by atoms with E-state index in [9.17, 15) is 17.6 Å². The molecule has 1 unspecified atom stereocenters. The van der Waals surface area contributed by atoms with Crippen LogP contribution in [0.25, 0.3) is 0 Å². The predicted molar refractivity (Wildman–Crippen MR) is 121 cm³/mol. The molecule has 3 nitrogen and oxygen atoms in total. The summed E-state index contributed by atoms with van der Waals surface area (Å²) in [5, 5.41) is 3.59. The molecule has 0 aliphatic heterocycles. The van der Waals surface area contributed by atoms with E-state index in [1.807, 2.05) is 70.2 Å². The van der Waals surface area contributed by atoms with Gasteiger partial charge in [0.1, 0.15) is 11.6 Å². The summed E-state index contributed by atoms with van der Waals surface area (Å²) in [7, 11) is 0. The molecule has 0 amide bonds. The summed E-state index contributed by atoms with van der Waals surface area (Å²) in [6.45, 7) is 6.33. The van der Waals surface area contributed by atoms with E-state index in [1.54, 1.807) is 6.20 Å². The van der Waals surface area contributed by atoms with Gasteiger partial charge in [-0.15, -0.1) is 0 Å². The van der Waals surface area contributed by atoms with Crippen LogP contribution < -0.4 is 10.1 Å². The van der Waals surface area contributed by atoms with Gasteiger partial charge >= 0.3 is 6.18 Å². The van der Waals surface area contributed by atoms with Gasteiger partial charge in [-0.1, -0.05) is 36.4 Å². The Morgan fingerprint density at radius 3 is 2.21 bits per heavy atom. The Bertz CT molecular complexity index is 1060. The lowest BCUT2D eigenvalue weighted by Gasteiger charge is -2.41. The first-order valence-electron chi connectivity index (χ1n) is 10.6. The van der Waals surface area contributed by atoms with Gasteiger partial charge in [-0.2, -0.15) is 13.2 Å². The Hall–Kier alpha value is -2.93. The molecule has 3 aromatic rings. The molecule has 0 saturated heterocycles. The molecule has 33 heavy (non-hydrogen) atoms. The number of nitrogens with one attached hydrogen (secondary N) is 1. The number of benzene rings is 2. The Labute approximate surface area is 191 Å². The number of hydrogen-bond acceptors (Lipinski definition) is 3. The van der Waals surface area contributed by atoms with Gasteiger partial charge in [0.05, 0.1) is 11.2 Å². The summed E-state index contributed by atoms with van der Waals surface area (Å²) in [6.07, 6.45) is -2.42. The minimum absolute atomic E-state index is 0.192. The minimum atomic E-state index is -4.53. The second-order valence-electron chi connectivity index (χ2n) is 9.24. The van der Waals surface area contributed by atoms with Gasteiger partial charge in [-0.25, -0.2) is 4.39 Å². The van der Waals surface area contributed by atoms with Gasteiger partial charge in [0, 0.05) is 24.2 Å². The number of aromatic nitrogens is 1. The van der Waals surface area contributed by atoms with Crippen molar-refractivity contribution in [3.63, 3.8) is 0 Å². The molecule has 0 fully saturated rings. The summed E-state index contributed by atoms with van der Waals surface area (Å²) in [5.41, 5.74) is 1.48. The molecule has 1 N–H and O–H groups in total. The summed E-state index contributed by atoms with van der Waals surface area (Å²) in [5.74, 6) is -0.882.